The number of nitrogens with zero attached hydrogens (tertiary/aromatic N) is 2. The molecule has 0 fully saturated rings. The normalized spacial score (nSPS) is 12.7. The molecule has 7 nitrogen and oxygen atoms in total. The fourth-order valence-electron chi connectivity index (χ4n) is 5.41. The Labute approximate surface area is 245 Å². The van der Waals surface area contributed by atoms with E-state index < -0.39 is 24.6 Å². The highest BCUT2D eigenvalue weighted by Crippen LogP contribution is 2.43. The third-order valence-electron chi connectivity index (χ3n) is 7.33. The lowest BCUT2D eigenvalue weighted by Crippen LogP contribution is -2.28. The number of aromatic nitrogens is 1. The van der Waals surface area contributed by atoms with Gasteiger partial charge in [0.25, 0.3) is 5.91 Å². The lowest BCUT2D eigenvalue weighted by atomic mass is 9.94. The summed E-state index contributed by atoms with van der Waals surface area (Å²) in [7, 11) is 1.74. The van der Waals surface area contributed by atoms with E-state index in [2.05, 4.69) is 0 Å². The first kappa shape index (κ1) is 30.7. The van der Waals surface area contributed by atoms with Crippen LogP contribution in [0.5, 0.6) is 0 Å². The first-order valence-corrected chi connectivity index (χ1v) is 14.1. The third-order valence-corrected chi connectivity index (χ3v) is 7.33. The summed E-state index contributed by atoms with van der Waals surface area (Å²) in [5.74, 6) is -1.84. The van der Waals surface area contributed by atoms with Gasteiger partial charge in [0, 0.05) is 30.5 Å². The molecule has 0 aliphatic heterocycles. The number of anilines is 1. The Bertz CT molecular complexity index is 1500. The summed E-state index contributed by atoms with van der Waals surface area (Å²) in [6.07, 6.45) is -2.50. The molecule has 3 aromatic carbocycles. The van der Waals surface area contributed by atoms with Gasteiger partial charge in [0.15, 0.2) is 0 Å². The molecule has 8 heteroatoms. The van der Waals surface area contributed by atoms with Crippen LogP contribution in [0, 0.1) is 5.82 Å². The molecular formula is C34H37FN2O5. The van der Waals surface area contributed by atoms with E-state index in [4.69, 9.17) is 5.11 Å². The average molecular weight is 573 g/mol. The molecule has 220 valence electrons. The molecule has 1 aromatic heterocycles. The molecule has 0 saturated heterocycles. The van der Waals surface area contributed by atoms with E-state index in [1.54, 1.807) is 24.1 Å². The van der Waals surface area contributed by atoms with Crippen LogP contribution in [0.15, 0.2) is 84.9 Å². The highest BCUT2D eigenvalue weighted by atomic mass is 19.1. The minimum atomic E-state index is -1.18. The highest BCUT2D eigenvalue weighted by Gasteiger charge is 2.32. The summed E-state index contributed by atoms with van der Waals surface area (Å²) in [6.45, 7) is 4.28. The summed E-state index contributed by atoms with van der Waals surface area (Å²) < 4.78 is 16.1. The van der Waals surface area contributed by atoms with Gasteiger partial charge in [0.2, 0.25) is 0 Å². The van der Waals surface area contributed by atoms with E-state index >= 15 is 0 Å². The van der Waals surface area contributed by atoms with Crippen LogP contribution in [0.25, 0.3) is 22.4 Å². The summed E-state index contributed by atoms with van der Waals surface area (Å²) in [5.41, 5.74) is 4.96. The first-order chi connectivity index (χ1) is 20.1. The molecule has 0 aliphatic carbocycles. The van der Waals surface area contributed by atoms with E-state index in [1.807, 2.05) is 79.1 Å². The fraction of sp³-hybridized carbons (Fsp3) is 0.294. The van der Waals surface area contributed by atoms with Gasteiger partial charge in [-0.05, 0) is 66.3 Å². The summed E-state index contributed by atoms with van der Waals surface area (Å²) >= 11 is 0. The van der Waals surface area contributed by atoms with E-state index in [1.165, 1.54) is 12.1 Å². The van der Waals surface area contributed by atoms with Crippen molar-refractivity contribution in [2.24, 2.45) is 0 Å². The molecule has 2 atom stereocenters. The molecule has 0 bridgehead atoms. The van der Waals surface area contributed by atoms with Crippen molar-refractivity contribution in [1.82, 2.24) is 4.57 Å². The van der Waals surface area contributed by atoms with Gasteiger partial charge in [-0.1, -0.05) is 62.4 Å². The minimum absolute atomic E-state index is 0.0927. The maximum Gasteiger partial charge on any atom is 0.305 e. The predicted molar refractivity (Wildman–Crippen MR) is 162 cm³/mol. The third kappa shape index (κ3) is 6.95. The van der Waals surface area contributed by atoms with Crippen LogP contribution < -0.4 is 4.90 Å². The molecule has 1 heterocycles. The number of benzene rings is 3. The molecule has 2 unspecified atom stereocenters. The van der Waals surface area contributed by atoms with Gasteiger partial charge in [-0.15, -0.1) is 0 Å². The molecule has 0 radical (unpaired) electrons. The summed E-state index contributed by atoms with van der Waals surface area (Å²) in [5, 5.41) is 29.9. The van der Waals surface area contributed by atoms with Gasteiger partial charge in [0.05, 0.1) is 29.9 Å². The van der Waals surface area contributed by atoms with Crippen LogP contribution in [-0.4, -0.2) is 51.0 Å². The Morgan fingerprint density at radius 1 is 0.857 bits per heavy atom. The smallest absolute Gasteiger partial charge is 0.305 e. The summed E-state index contributed by atoms with van der Waals surface area (Å²) in [6, 6.07) is 25.1. The minimum Gasteiger partial charge on any atom is -0.481 e. The number of aliphatic hydroxyl groups is 2. The standard InChI is InChI=1S/C34H37FN2O5/c1-22(2)32-31(34(42)36(3)26-12-8-5-9-13-26)30(23-10-6-4-7-11-23)33(24-14-16-25(35)17-15-24)37(32)19-18-27(38)20-28(39)21-29(40)41/h4-17,22,27-28,38-39H,18-21H2,1-3H3,(H,40,41). The maximum absolute atomic E-state index is 14.4. The molecule has 4 aromatic rings. The number of aliphatic carboxylic acids is 1. The largest absolute Gasteiger partial charge is 0.481 e. The number of hydrogen-bond acceptors (Lipinski definition) is 4. The zero-order valence-corrected chi connectivity index (χ0v) is 24.1. The monoisotopic (exact) mass is 572 g/mol. The van der Waals surface area contributed by atoms with Crippen molar-refractivity contribution < 1.29 is 29.3 Å². The van der Waals surface area contributed by atoms with E-state index in [0.29, 0.717) is 22.4 Å². The van der Waals surface area contributed by atoms with Gasteiger partial charge >= 0.3 is 5.97 Å². The van der Waals surface area contributed by atoms with Crippen molar-refractivity contribution in [3.05, 3.63) is 102 Å². The topological polar surface area (TPSA) is 103 Å². The van der Waals surface area contributed by atoms with Crippen LogP contribution in [0.3, 0.4) is 0 Å². The molecule has 0 spiro atoms. The Kier molecular flexibility index (Phi) is 9.93. The number of hydrogen-bond donors (Lipinski definition) is 3. The van der Waals surface area contributed by atoms with E-state index in [0.717, 1.165) is 16.9 Å². The Hall–Kier alpha value is -4.27. The zero-order valence-electron chi connectivity index (χ0n) is 24.1. The average Bonchev–Trinajstić information content (AvgIpc) is 3.31. The van der Waals surface area contributed by atoms with Gasteiger partial charge in [-0.3, -0.25) is 9.59 Å². The van der Waals surface area contributed by atoms with Crippen LogP contribution in [0.2, 0.25) is 0 Å². The fourth-order valence-corrected chi connectivity index (χ4v) is 5.41. The molecular weight excluding hydrogens is 535 g/mol. The SMILES string of the molecule is CC(C)c1c(C(=O)N(C)c2ccccc2)c(-c2ccccc2)c(-c2ccc(F)cc2)n1CCC(O)CC(O)CC(=O)O. The number of para-hydroxylation sites is 1. The summed E-state index contributed by atoms with van der Waals surface area (Å²) in [4.78, 5) is 27.0. The molecule has 42 heavy (non-hydrogen) atoms. The van der Waals surface area contributed by atoms with Crippen molar-refractivity contribution in [2.75, 3.05) is 11.9 Å². The second-order valence-corrected chi connectivity index (χ2v) is 10.8. The van der Waals surface area contributed by atoms with Crippen molar-refractivity contribution >= 4 is 17.6 Å². The van der Waals surface area contributed by atoms with Gasteiger partial charge in [0.1, 0.15) is 5.82 Å². The second kappa shape index (κ2) is 13.6. The van der Waals surface area contributed by atoms with Crippen LogP contribution in [-0.2, 0) is 11.3 Å². The molecule has 0 saturated carbocycles. The number of carbonyl (C=O) groups excluding carboxylic acids is 1. The molecule has 0 aliphatic rings. The molecule has 3 N–H and O–H groups in total. The van der Waals surface area contributed by atoms with E-state index in [9.17, 15) is 24.2 Å². The first-order valence-electron chi connectivity index (χ1n) is 14.1. The van der Waals surface area contributed by atoms with Crippen molar-refractivity contribution in [3.8, 4) is 22.4 Å². The zero-order chi connectivity index (χ0) is 30.4. The van der Waals surface area contributed by atoms with E-state index in [-0.39, 0.29) is 37.0 Å². The number of amides is 1. The van der Waals surface area contributed by atoms with Gasteiger partial charge < -0.3 is 24.8 Å². The predicted octanol–water partition coefficient (Wildman–Crippen LogP) is 6.34. The number of aliphatic hydroxyl groups excluding tert-OH is 2. The number of halogens is 1. The quantitative estimate of drug-likeness (QED) is 0.184. The second-order valence-electron chi connectivity index (χ2n) is 10.8. The number of carbonyl (C=O) groups is 2. The number of rotatable bonds is 12. The van der Waals surface area contributed by atoms with Crippen molar-refractivity contribution in [1.29, 1.82) is 0 Å². The van der Waals surface area contributed by atoms with Gasteiger partial charge in [-0.25, -0.2) is 4.39 Å². The number of carboxylic acids is 1. The maximum atomic E-state index is 14.4. The molecule has 1 amide bonds. The van der Waals surface area contributed by atoms with Crippen molar-refractivity contribution in [2.45, 2.75) is 57.8 Å². The van der Waals surface area contributed by atoms with Crippen LogP contribution in [0.4, 0.5) is 10.1 Å². The Morgan fingerprint density at radius 3 is 2.02 bits per heavy atom. The Morgan fingerprint density at radius 2 is 1.45 bits per heavy atom. The van der Waals surface area contributed by atoms with Crippen molar-refractivity contribution in [3.63, 3.8) is 0 Å². The lowest BCUT2D eigenvalue weighted by Gasteiger charge is -2.21. The Balaban J connectivity index is 1.93. The van der Waals surface area contributed by atoms with Crippen LogP contribution >= 0.6 is 0 Å². The number of carboxylic acid groups (broad SMARTS) is 1. The lowest BCUT2D eigenvalue weighted by molar-refractivity contribution is -0.139. The van der Waals surface area contributed by atoms with Crippen LogP contribution in [0.1, 0.15) is 55.1 Å². The highest BCUT2D eigenvalue weighted by molar-refractivity contribution is 6.13. The molecule has 4 rings (SSSR count). The van der Waals surface area contributed by atoms with Gasteiger partial charge in [-0.2, -0.15) is 0 Å².